The predicted molar refractivity (Wildman–Crippen MR) is 130 cm³/mol. The molecule has 0 fully saturated rings. The Kier molecular flexibility index (Phi) is 6.82. The summed E-state index contributed by atoms with van der Waals surface area (Å²) >= 11 is 0. The van der Waals surface area contributed by atoms with Crippen LogP contribution in [0.3, 0.4) is 0 Å². The molecule has 0 unspecified atom stereocenters. The number of carboxylic acid groups (broad SMARTS) is 1. The molecule has 2 aromatic carbocycles. The van der Waals surface area contributed by atoms with E-state index in [2.05, 4.69) is 6.92 Å². The smallest absolute Gasteiger partial charge is 0.374 e. The van der Waals surface area contributed by atoms with Gasteiger partial charge < -0.3 is 19.5 Å². The van der Waals surface area contributed by atoms with Crippen molar-refractivity contribution >= 4 is 40.2 Å². The Morgan fingerprint density at radius 3 is 2.53 bits per heavy atom. The van der Waals surface area contributed by atoms with Crippen molar-refractivity contribution in [3.8, 4) is 0 Å². The monoisotopic (exact) mass is 461 g/mol. The standard InChI is InChI=1S/C27H28N2O5/c1-3-4-16-29-21-8-5-6-9-22(21)34-23(29)17-20-26(32)25(27(20)33)18-11-13-19(14-12-18)28(2)15-7-10-24(30)31/h5-6,8-9,11-14,17H,3-4,7,10,15-16H2,1-2H3,(H-,30,31,32,33)/p+1. The quantitative estimate of drug-likeness (QED) is 0.334. The molecule has 0 radical (unpaired) electrons. The van der Waals surface area contributed by atoms with E-state index in [1.807, 2.05) is 52.9 Å². The van der Waals surface area contributed by atoms with Crippen LogP contribution in [0.2, 0.25) is 0 Å². The van der Waals surface area contributed by atoms with Crippen LogP contribution in [-0.2, 0) is 16.1 Å². The van der Waals surface area contributed by atoms with E-state index >= 15 is 0 Å². The zero-order valence-electron chi connectivity index (χ0n) is 19.5. The second-order valence-corrected chi connectivity index (χ2v) is 8.49. The summed E-state index contributed by atoms with van der Waals surface area (Å²) in [6.07, 6.45) is 4.30. The van der Waals surface area contributed by atoms with E-state index in [1.165, 1.54) is 0 Å². The zero-order valence-corrected chi connectivity index (χ0v) is 19.5. The minimum atomic E-state index is -0.808. The average Bonchev–Trinajstić information content (AvgIpc) is 3.18. The van der Waals surface area contributed by atoms with Gasteiger partial charge in [-0.2, -0.15) is 4.57 Å². The number of allylic oxidation sites excluding steroid dienone is 2. The molecular weight excluding hydrogens is 432 g/mol. The number of rotatable bonds is 10. The number of ketones is 1. The topological polar surface area (TPSA) is 94.9 Å². The number of unbranched alkanes of at least 4 members (excludes halogenated alkanes) is 1. The van der Waals surface area contributed by atoms with E-state index in [0.717, 1.165) is 36.2 Å². The lowest BCUT2D eigenvalue weighted by atomic mass is 9.83. The maximum atomic E-state index is 12.9. The lowest BCUT2D eigenvalue weighted by Crippen LogP contribution is -2.35. The number of benzene rings is 2. The summed E-state index contributed by atoms with van der Waals surface area (Å²) in [5.74, 6) is -0.517. The van der Waals surface area contributed by atoms with E-state index in [9.17, 15) is 14.7 Å². The minimum absolute atomic E-state index is 0.0324. The molecule has 176 valence electrons. The Balaban J connectivity index is 1.56. The molecule has 34 heavy (non-hydrogen) atoms. The number of Topliss-reactive ketones (excluding diaryl/α,β-unsaturated/α-hetero) is 1. The Bertz CT molecular complexity index is 1280. The maximum absolute atomic E-state index is 12.9. The van der Waals surface area contributed by atoms with Gasteiger partial charge >= 0.3 is 11.9 Å². The highest BCUT2D eigenvalue weighted by molar-refractivity contribution is 6.40. The Morgan fingerprint density at radius 2 is 1.85 bits per heavy atom. The molecule has 1 aliphatic carbocycles. The van der Waals surface area contributed by atoms with Gasteiger partial charge in [0.2, 0.25) is 11.4 Å². The molecular formula is C27H29N2O5+. The van der Waals surface area contributed by atoms with Gasteiger partial charge in [0.25, 0.3) is 5.52 Å². The molecule has 7 heteroatoms. The van der Waals surface area contributed by atoms with Crippen LogP contribution in [0.15, 0.2) is 64.3 Å². The number of aliphatic carboxylic acids is 1. The Morgan fingerprint density at radius 1 is 1.12 bits per heavy atom. The number of fused-ring (bicyclic) bond motifs is 1. The predicted octanol–water partition coefficient (Wildman–Crippen LogP) is 4.76. The molecule has 7 nitrogen and oxygen atoms in total. The van der Waals surface area contributed by atoms with Gasteiger partial charge in [0.05, 0.1) is 17.2 Å². The highest BCUT2D eigenvalue weighted by Gasteiger charge is 2.36. The Hall–Kier alpha value is -3.87. The fraction of sp³-hybridized carbons (Fsp3) is 0.296. The van der Waals surface area contributed by atoms with Crippen molar-refractivity contribution in [2.45, 2.75) is 39.2 Å². The molecule has 1 aromatic heterocycles. The summed E-state index contributed by atoms with van der Waals surface area (Å²) in [5, 5.41) is 19.5. The number of aromatic nitrogens is 1. The SMILES string of the molecule is CCCC[n+]1c(C=C2C(=O)C(c3ccc(N(C)CCCC(=O)O)cc3)=C2O)oc2ccccc21. The average molecular weight is 462 g/mol. The number of anilines is 1. The molecule has 0 saturated heterocycles. The molecule has 0 saturated carbocycles. The van der Waals surface area contributed by atoms with Crippen molar-refractivity contribution in [2.24, 2.45) is 0 Å². The largest absolute Gasteiger partial charge is 0.506 e. The number of oxazole rings is 1. The number of aliphatic hydroxyl groups excluding tert-OH is 1. The third-order valence-electron chi connectivity index (χ3n) is 6.08. The van der Waals surface area contributed by atoms with Crippen molar-refractivity contribution in [3.63, 3.8) is 0 Å². The van der Waals surface area contributed by atoms with Gasteiger partial charge in [-0.1, -0.05) is 37.6 Å². The molecule has 4 rings (SSSR count). The van der Waals surface area contributed by atoms with E-state index < -0.39 is 5.97 Å². The lowest BCUT2D eigenvalue weighted by Gasteiger charge is -2.22. The van der Waals surface area contributed by atoms with Crippen LogP contribution in [0, 0.1) is 0 Å². The third-order valence-corrected chi connectivity index (χ3v) is 6.08. The number of carboxylic acids is 1. The number of carbonyl (C=O) groups is 2. The maximum Gasteiger partial charge on any atom is 0.374 e. The molecule has 0 aliphatic heterocycles. The Labute approximate surface area is 198 Å². The first-order valence-corrected chi connectivity index (χ1v) is 11.6. The van der Waals surface area contributed by atoms with Crippen molar-refractivity contribution in [1.29, 1.82) is 0 Å². The number of carbonyl (C=O) groups excluding carboxylic acids is 1. The van der Waals surface area contributed by atoms with Crippen molar-refractivity contribution < 1.29 is 28.8 Å². The summed E-state index contributed by atoms with van der Waals surface area (Å²) < 4.78 is 8.03. The molecule has 0 bridgehead atoms. The second-order valence-electron chi connectivity index (χ2n) is 8.49. The number of aliphatic hydroxyl groups is 1. The zero-order chi connectivity index (χ0) is 24.2. The lowest BCUT2D eigenvalue weighted by molar-refractivity contribution is -0.678. The molecule has 0 spiro atoms. The van der Waals surface area contributed by atoms with Crippen LogP contribution in [0.5, 0.6) is 0 Å². The second kappa shape index (κ2) is 9.95. The summed E-state index contributed by atoms with van der Waals surface area (Å²) in [6.45, 7) is 3.50. The molecule has 0 amide bonds. The highest BCUT2D eigenvalue weighted by atomic mass is 16.4. The van der Waals surface area contributed by atoms with Crippen LogP contribution in [0.4, 0.5) is 5.69 Å². The summed E-state index contributed by atoms with van der Waals surface area (Å²) in [7, 11) is 1.89. The van der Waals surface area contributed by atoms with Gasteiger partial charge in [-0.3, -0.25) is 9.59 Å². The van der Waals surface area contributed by atoms with Gasteiger partial charge in [-0.15, -0.1) is 0 Å². The molecule has 1 aliphatic rings. The van der Waals surface area contributed by atoms with E-state index in [1.54, 1.807) is 18.2 Å². The summed E-state index contributed by atoms with van der Waals surface area (Å²) in [4.78, 5) is 25.6. The van der Waals surface area contributed by atoms with Gasteiger partial charge in [0, 0.05) is 38.2 Å². The van der Waals surface area contributed by atoms with Crippen LogP contribution in [0.1, 0.15) is 44.1 Å². The van der Waals surface area contributed by atoms with E-state index in [-0.39, 0.29) is 23.5 Å². The van der Waals surface area contributed by atoms with Crippen molar-refractivity contribution in [1.82, 2.24) is 0 Å². The number of hydrogen-bond acceptors (Lipinski definition) is 5. The molecule has 2 N–H and O–H groups in total. The summed E-state index contributed by atoms with van der Waals surface area (Å²) in [5.41, 5.74) is 3.80. The van der Waals surface area contributed by atoms with Crippen LogP contribution < -0.4 is 9.47 Å². The molecule has 1 heterocycles. The van der Waals surface area contributed by atoms with Crippen molar-refractivity contribution in [3.05, 3.63) is 71.3 Å². The number of hydrogen-bond donors (Lipinski definition) is 2. The van der Waals surface area contributed by atoms with Gasteiger partial charge in [0.15, 0.2) is 6.54 Å². The van der Waals surface area contributed by atoms with Crippen LogP contribution >= 0.6 is 0 Å². The summed E-state index contributed by atoms with van der Waals surface area (Å²) in [6, 6.07) is 15.1. The first-order chi connectivity index (χ1) is 16.4. The van der Waals surface area contributed by atoms with Gasteiger partial charge in [-0.05, 0) is 30.2 Å². The first kappa shape index (κ1) is 23.3. The van der Waals surface area contributed by atoms with Crippen LogP contribution in [-0.4, -0.2) is 35.6 Å². The van der Waals surface area contributed by atoms with E-state index in [4.69, 9.17) is 9.52 Å². The van der Waals surface area contributed by atoms with E-state index in [0.29, 0.717) is 30.0 Å². The third kappa shape index (κ3) is 4.59. The number of nitrogens with zero attached hydrogens (tertiary/aromatic N) is 2. The fourth-order valence-electron chi connectivity index (χ4n) is 4.13. The van der Waals surface area contributed by atoms with Crippen LogP contribution in [0.25, 0.3) is 22.7 Å². The minimum Gasteiger partial charge on any atom is -0.506 e. The van der Waals surface area contributed by atoms with Crippen molar-refractivity contribution in [2.75, 3.05) is 18.5 Å². The highest BCUT2D eigenvalue weighted by Crippen LogP contribution is 2.37. The number of aryl methyl sites for hydroxylation is 1. The van der Waals surface area contributed by atoms with Gasteiger partial charge in [-0.25, -0.2) is 0 Å². The first-order valence-electron chi connectivity index (χ1n) is 11.6. The molecule has 3 aromatic rings. The normalized spacial score (nSPS) is 14.6. The van der Waals surface area contributed by atoms with Gasteiger partial charge in [0.1, 0.15) is 5.76 Å². The number of para-hydroxylation sites is 2. The fourth-order valence-corrected chi connectivity index (χ4v) is 4.13. The molecule has 0 atom stereocenters.